The molecule has 23 heteroatoms. The van der Waals surface area contributed by atoms with Crippen LogP contribution in [0, 0.1) is 0 Å². The molecule has 3 aromatic rings. The topological polar surface area (TPSA) is 300 Å². The Morgan fingerprint density at radius 3 is 1.57 bits per heavy atom. The third-order valence-electron chi connectivity index (χ3n) is 9.58. The number of aliphatic hydroxyl groups is 1. The van der Waals surface area contributed by atoms with Crippen molar-refractivity contribution in [2.75, 3.05) is 145 Å². The minimum absolute atomic E-state index is 0.148. The van der Waals surface area contributed by atoms with Gasteiger partial charge in [-0.15, -0.1) is 5.10 Å². The molecule has 0 spiro atoms. The van der Waals surface area contributed by atoms with E-state index in [1.807, 2.05) is 18.2 Å². The number of carbonyl (C=O) groups excluding carboxylic acids is 4. The second kappa shape index (κ2) is 39.5. The summed E-state index contributed by atoms with van der Waals surface area (Å²) >= 11 is 0. The summed E-state index contributed by atoms with van der Waals surface area (Å²) in [7, 11) is 0. The fraction of sp³-hybridized carbons (Fsp3) is 0.617. The Bertz CT molecular complexity index is 1860. The summed E-state index contributed by atoms with van der Waals surface area (Å²) in [5, 5.41) is 25.5. The quantitative estimate of drug-likeness (QED) is 0.0406. The highest BCUT2D eigenvalue weighted by Crippen LogP contribution is 2.15. The molecule has 0 aliphatic rings. The first-order valence-electron chi connectivity index (χ1n) is 23.6. The van der Waals surface area contributed by atoms with E-state index < -0.39 is 18.6 Å². The molecule has 0 saturated carbocycles. The summed E-state index contributed by atoms with van der Waals surface area (Å²) < 4.78 is 56.8. The Morgan fingerprint density at radius 2 is 1.06 bits per heavy atom. The highest BCUT2D eigenvalue weighted by atomic mass is 16.6. The molecule has 0 fully saturated rings. The highest BCUT2D eigenvalue weighted by Gasteiger charge is 2.12. The largest absolute Gasteiger partial charge is 0.487 e. The van der Waals surface area contributed by atoms with Crippen LogP contribution in [-0.2, 0) is 65.4 Å². The van der Waals surface area contributed by atoms with Crippen molar-refractivity contribution in [1.82, 2.24) is 30.9 Å². The van der Waals surface area contributed by atoms with Gasteiger partial charge < -0.3 is 79.9 Å². The molecule has 0 saturated heterocycles. The molecular formula is C47H74N8O15. The lowest BCUT2D eigenvalue weighted by Gasteiger charge is -2.10. The van der Waals surface area contributed by atoms with E-state index in [9.17, 15) is 19.2 Å². The maximum atomic E-state index is 12.7. The van der Waals surface area contributed by atoms with Gasteiger partial charge in [-0.05, 0) is 48.7 Å². The van der Waals surface area contributed by atoms with Crippen LogP contribution in [0.4, 0.5) is 0 Å². The summed E-state index contributed by atoms with van der Waals surface area (Å²) in [5.41, 5.74) is 13.0. The van der Waals surface area contributed by atoms with Crippen molar-refractivity contribution in [3.05, 3.63) is 77.1 Å². The van der Waals surface area contributed by atoms with Gasteiger partial charge in [0.1, 0.15) is 24.1 Å². The van der Waals surface area contributed by atoms with E-state index in [0.717, 1.165) is 18.4 Å². The number of primary amides is 1. The fourth-order valence-corrected chi connectivity index (χ4v) is 5.93. The number of unbranched alkanes of at least 4 members (excludes halogenated alkanes) is 2. The second-order valence-electron chi connectivity index (χ2n) is 15.3. The summed E-state index contributed by atoms with van der Waals surface area (Å²) in [6.07, 6.45) is 4.41. The van der Waals surface area contributed by atoms with Crippen LogP contribution < -0.4 is 32.2 Å². The number of hydrogen-bond donors (Lipinski definition) is 6. The zero-order chi connectivity index (χ0) is 50.1. The maximum absolute atomic E-state index is 12.7. The van der Waals surface area contributed by atoms with Gasteiger partial charge in [0.05, 0.1) is 138 Å². The lowest BCUT2D eigenvalue weighted by atomic mass is 10.1. The average molecular weight is 991 g/mol. The minimum Gasteiger partial charge on any atom is -0.487 e. The van der Waals surface area contributed by atoms with E-state index >= 15 is 0 Å². The number of rotatable bonds is 45. The van der Waals surface area contributed by atoms with Crippen molar-refractivity contribution >= 4 is 23.6 Å². The number of carbonyl (C=O) groups is 4. The smallest absolute Gasteiger partial charge is 0.251 e. The molecule has 1 heterocycles. The van der Waals surface area contributed by atoms with Gasteiger partial charge in [0.2, 0.25) is 11.8 Å². The Morgan fingerprint density at radius 1 is 0.586 bits per heavy atom. The Hall–Kier alpha value is -5.18. The van der Waals surface area contributed by atoms with Gasteiger partial charge in [0.25, 0.3) is 11.8 Å². The molecule has 1 atom stereocenters. The van der Waals surface area contributed by atoms with Gasteiger partial charge in [-0.25, -0.2) is 4.68 Å². The predicted molar refractivity (Wildman–Crippen MR) is 254 cm³/mol. The molecule has 23 nitrogen and oxygen atoms in total. The van der Waals surface area contributed by atoms with Crippen LogP contribution in [0.2, 0.25) is 0 Å². The molecular weight excluding hydrogens is 917 g/mol. The number of aromatic nitrogens is 3. The number of benzene rings is 2. The zero-order valence-electron chi connectivity index (χ0n) is 40.2. The molecule has 0 aliphatic carbocycles. The lowest BCUT2D eigenvalue weighted by molar-refractivity contribution is -0.123. The molecule has 8 N–H and O–H groups in total. The van der Waals surface area contributed by atoms with Crippen molar-refractivity contribution in [2.24, 2.45) is 11.5 Å². The Labute approximate surface area is 409 Å². The molecule has 392 valence electrons. The number of aliphatic hydroxyl groups excluding tert-OH is 1. The first-order chi connectivity index (χ1) is 34.2. The molecule has 2 aromatic carbocycles. The van der Waals surface area contributed by atoms with Crippen molar-refractivity contribution in [2.45, 2.75) is 44.9 Å². The number of nitrogens with zero attached hydrogens (tertiary/aromatic N) is 3. The molecule has 3 rings (SSSR count). The van der Waals surface area contributed by atoms with Crippen LogP contribution in [0.15, 0.2) is 54.7 Å². The number of hydrogen-bond acceptors (Lipinski definition) is 18. The SMILES string of the molecule is NC(=O)CCCCCNC(=O)c1cccc(Cn2cc(COc3cccc(C(=O)NCCOCCOCCOCCOCCOCCOCCOCCOCCOCCNC(=O)[C@@H](N)CO)c3)nn2)c1. The molecule has 0 aliphatic heterocycles. The van der Waals surface area contributed by atoms with E-state index in [-0.39, 0.29) is 24.3 Å². The summed E-state index contributed by atoms with van der Waals surface area (Å²) in [5.74, 6) is -0.646. The normalized spacial score (nSPS) is 11.6. The lowest BCUT2D eigenvalue weighted by Crippen LogP contribution is -2.44. The van der Waals surface area contributed by atoms with Gasteiger partial charge >= 0.3 is 0 Å². The van der Waals surface area contributed by atoms with Gasteiger partial charge in [0, 0.05) is 37.2 Å². The summed E-state index contributed by atoms with van der Waals surface area (Å²) in [6, 6.07) is 13.2. The standard InChI is InChI=1S/C47H74N8O15/c48-43(36-56)47(60)52-13-15-62-17-19-64-21-23-66-25-27-68-29-31-69-30-28-67-26-24-65-22-20-63-18-16-61-14-12-51-46(59)40-8-5-9-42(33-40)70-37-41-35-55(54-53-41)34-38-6-4-7-39(32-38)45(58)50-11-3-1-2-10-44(49)57/h4-9,32-33,35,43,56H,1-3,10-31,34,36-37,48H2,(H2,49,57)(H,50,58)(H,51,59)(H,52,60)/t43-/m0/s1. The third kappa shape index (κ3) is 29.8. The first kappa shape index (κ1) is 59.1. The molecule has 0 radical (unpaired) electrons. The van der Waals surface area contributed by atoms with E-state index in [2.05, 4.69) is 26.3 Å². The monoisotopic (exact) mass is 991 g/mol. The number of ether oxygens (including phenoxy) is 10. The van der Waals surface area contributed by atoms with Gasteiger partial charge in [0.15, 0.2) is 0 Å². The molecule has 0 bridgehead atoms. The summed E-state index contributed by atoms with van der Waals surface area (Å²) in [4.78, 5) is 47.6. The Balaban J connectivity index is 1.06. The zero-order valence-corrected chi connectivity index (χ0v) is 40.2. The molecule has 4 amide bonds. The van der Waals surface area contributed by atoms with Crippen molar-refractivity contribution < 1.29 is 71.7 Å². The van der Waals surface area contributed by atoms with E-state index in [4.69, 9.17) is 63.9 Å². The van der Waals surface area contributed by atoms with Gasteiger partial charge in [-0.2, -0.15) is 0 Å². The van der Waals surface area contributed by atoms with Crippen LogP contribution in [0.3, 0.4) is 0 Å². The highest BCUT2D eigenvalue weighted by molar-refractivity contribution is 5.95. The van der Waals surface area contributed by atoms with Crippen LogP contribution in [0.25, 0.3) is 0 Å². The molecule has 0 unspecified atom stereocenters. The third-order valence-corrected chi connectivity index (χ3v) is 9.58. The van der Waals surface area contributed by atoms with E-state index in [1.54, 1.807) is 41.2 Å². The Kier molecular flexibility index (Phi) is 33.4. The maximum Gasteiger partial charge on any atom is 0.251 e. The molecule has 70 heavy (non-hydrogen) atoms. The summed E-state index contributed by atoms with van der Waals surface area (Å²) in [6.45, 7) is 8.83. The molecule has 1 aromatic heterocycles. The van der Waals surface area contributed by atoms with Gasteiger partial charge in [-0.3, -0.25) is 19.2 Å². The van der Waals surface area contributed by atoms with Crippen molar-refractivity contribution in [1.29, 1.82) is 0 Å². The number of amides is 4. The first-order valence-corrected chi connectivity index (χ1v) is 23.6. The van der Waals surface area contributed by atoms with Crippen LogP contribution in [0.5, 0.6) is 5.75 Å². The van der Waals surface area contributed by atoms with Crippen molar-refractivity contribution in [3.8, 4) is 5.75 Å². The number of nitrogens with two attached hydrogens (primary N) is 2. The number of nitrogens with one attached hydrogen (secondary N) is 3. The van der Waals surface area contributed by atoms with Crippen LogP contribution in [-0.4, -0.2) is 195 Å². The minimum atomic E-state index is -0.921. The van der Waals surface area contributed by atoms with Crippen LogP contribution >= 0.6 is 0 Å². The second-order valence-corrected chi connectivity index (χ2v) is 15.3. The van der Waals surface area contributed by atoms with Crippen molar-refractivity contribution in [3.63, 3.8) is 0 Å². The average Bonchev–Trinajstić information content (AvgIpc) is 3.82. The predicted octanol–water partition coefficient (Wildman–Crippen LogP) is -0.00410. The van der Waals surface area contributed by atoms with Crippen LogP contribution in [0.1, 0.15) is 57.7 Å². The van der Waals surface area contributed by atoms with E-state index in [1.165, 1.54) is 0 Å². The van der Waals surface area contributed by atoms with E-state index in [0.29, 0.717) is 181 Å². The van der Waals surface area contributed by atoms with Gasteiger partial charge in [-0.1, -0.05) is 29.8 Å². The fourth-order valence-electron chi connectivity index (χ4n) is 5.93.